The second-order valence-electron chi connectivity index (χ2n) is 7.50. The van der Waals surface area contributed by atoms with E-state index in [1.165, 1.54) is 11.3 Å². The number of aromatic nitrogens is 1. The van der Waals surface area contributed by atoms with E-state index in [1.807, 2.05) is 55.5 Å². The molecule has 3 aromatic rings. The van der Waals surface area contributed by atoms with Crippen LogP contribution in [-0.2, 0) is 22.5 Å². The summed E-state index contributed by atoms with van der Waals surface area (Å²) < 4.78 is 11.1. The number of carboxylic acid groups (broad SMARTS) is 1. The van der Waals surface area contributed by atoms with Gasteiger partial charge in [-0.25, -0.2) is 9.78 Å². The van der Waals surface area contributed by atoms with Gasteiger partial charge in [0.15, 0.2) is 12.8 Å². The molecule has 1 N–H and O–H groups in total. The average Bonchev–Trinajstić information content (AvgIpc) is 3.20. The van der Waals surface area contributed by atoms with Crippen molar-refractivity contribution < 1.29 is 24.2 Å². The van der Waals surface area contributed by atoms with Gasteiger partial charge >= 0.3 is 5.97 Å². The van der Waals surface area contributed by atoms with Gasteiger partial charge < -0.3 is 19.5 Å². The molecule has 2 aromatic carbocycles. The maximum Gasteiger partial charge on any atom is 0.333 e. The summed E-state index contributed by atoms with van der Waals surface area (Å²) in [6.07, 6.45) is -0.657. The summed E-state index contributed by atoms with van der Waals surface area (Å²) in [5.74, 6) is -0.421. The van der Waals surface area contributed by atoms with Gasteiger partial charge in [0.05, 0.1) is 12.2 Å². The van der Waals surface area contributed by atoms with E-state index < -0.39 is 12.1 Å². The molecule has 0 spiro atoms. The van der Waals surface area contributed by atoms with Crippen molar-refractivity contribution in [2.75, 3.05) is 13.3 Å². The molecule has 0 fully saturated rings. The van der Waals surface area contributed by atoms with E-state index in [-0.39, 0.29) is 19.1 Å². The number of hydrogen-bond donors (Lipinski definition) is 1. The fraction of sp³-hybridized carbons (Fsp3) is 0.292. The number of aliphatic carboxylic acids is 1. The molecule has 1 amide bonds. The fourth-order valence-electron chi connectivity index (χ4n) is 3.63. The predicted octanol–water partition coefficient (Wildman–Crippen LogP) is 4.14. The first kappa shape index (κ1) is 22.0. The van der Waals surface area contributed by atoms with E-state index in [1.54, 1.807) is 11.8 Å². The van der Waals surface area contributed by atoms with Crippen LogP contribution >= 0.6 is 11.3 Å². The van der Waals surface area contributed by atoms with Crippen LogP contribution in [0.4, 0.5) is 0 Å². The van der Waals surface area contributed by atoms with Gasteiger partial charge in [-0.1, -0.05) is 42.5 Å². The zero-order valence-corrected chi connectivity index (χ0v) is 18.7. The first-order valence-corrected chi connectivity index (χ1v) is 11.2. The van der Waals surface area contributed by atoms with Crippen LogP contribution in [-0.4, -0.2) is 46.3 Å². The number of nitrogens with zero attached hydrogens (tertiary/aromatic N) is 2. The summed E-state index contributed by atoms with van der Waals surface area (Å²) in [5.41, 5.74) is 3.34. The Morgan fingerprint density at radius 3 is 2.75 bits per heavy atom. The standard InChI is InChI=1S/C24H24N2O5S/c1-3-30-20(24(28)29)12-16-9-10-19-18(11-16)13-26(14-31-19)23(27)21-15(2)25-22(32-21)17-7-5-4-6-8-17/h4-11,20H,3,12-14H2,1-2H3,(H,28,29). The monoisotopic (exact) mass is 452 g/mol. The smallest absolute Gasteiger partial charge is 0.333 e. The highest BCUT2D eigenvalue weighted by atomic mass is 32.1. The Morgan fingerprint density at radius 1 is 1.25 bits per heavy atom. The molecule has 8 heteroatoms. The van der Waals surface area contributed by atoms with Crippen LogP contribution in [0, 0.1) is 6.92 Å². The summed E-state index contributed by atoms with van der Waals surface area (Å²) in [7, 11) is 0. The van der Waals surface area contributed by atoms with Gasteiger partial charge in [0.1, 0.15) is 15.6 Å². The number of amides is 1. The van der Waals surface area contributed by atoms with Crippen molar-refractivity contribution in [2.24, 2.45) is 0 Å². The van der Waals surface area contributed by atoms with E-state index in [2.05, 4.69) is 4.98 Å². The van der Waals surface area contributed by atoms with Crippen LogP contribution in [0.5, 0.6) is 5.75 Å². The van der Waals surface area contributed by atoms with Crippen molar-refractivity contribution in [1.29, 1.82) is 0 Å². The number of carbonyl (C=O) groups excluding carboxylic acids is 1. The Morgan fingerprint density at radius 2 is 2.03 bits per heavy atom. The molecular weight excluding hydrogens is 428 g/mol. The lowest BCUT2D eigenvalue weighted by atomic mass is 10.0. The number of ether oxygens (including phenoxy) is 2. The molecule has 0 saturated heterocycles. The molecule has 0 aliphatic carbocycles. The Bertz CT molecular complexity index is 1130. The highest BCUT2D eigenvalue weighted by molar-refractivity contribution is 7.17. The maximum absolute atomic E-state index is 13.2. The largest absolute Gasteiger partial charge is 0.479 e. The van der Waals surface area contributed by atoms with Gasteiger partial charge in [-0.05, 0) is 25.5 Å². The number of benzene rings is 2. The minimum Gasteiger partial charge on any atom is -0.479 e. The SMILES string of the molecule is CCOC(Cc1ccc2c(c1)CN(C(=O)c1sc(-c3ccccc3)nc1C)CO2)C(=O)O. The van der Waals surface area contributed by atoms with Crippen molar-refractivity contribution in [1.82, 2.24) is 9.88 Å². The summed E-state index contributed by atoms with van der Waals surface area (Å²) in [4.78, 5) is 31.5. The van der Waals surface area contributed by atoms with E-state index in [0.717, 1.165) is 21.7 Å². The molecule has 166 valence electrons. The predicted molar refractivity (Wildman–Crippen MR) is 121 cm³/mol. The third-order valence-electron chi connectivity index (χ3n) is 5.23. The minimum absolute atomic E-state index is 0.129. The van der Waals surface area contributed by atoms with Gasteiger partial charge in [0, 0.05) is 24.2 Å². The number of rotatable bonds is 7. The summed E-state index contributed by atoms with van der Waals surface area (Å²) >= 11 is 1.38. The van der Waals surface area contributed by atoms with Gasteiger partial charge in [0.25, 0.3) is 5.91 Å². The molecule has 0 saturated carbocycles. The second-order valence-corrected chi connectivity index (χ2v) is 8.50. The van der Waals surface area contributed by atoms with Crippen LogP contribution in [0.15, 0.2) is 48.5 Å². The molecule has 1 aromatic heterocycles. The molecule has 0 bridgehead atoms. The van der Waals surface area contributed by atoms with Gasteiger partial charge in [-0.15, -0.1) is 11.3 Å². The molecule has 1 atom stereocenters. The number of aryl methyl sites for hydroxylation is 1. The first-order chi connectivity index (χ1) is 15.5. The second kappa shape index (κ2) is 9.50. The third kappa shape index (κ3) is 4.66. The van der Waals surface area contributed by atoms with Gasteiger partial charge in [-0.2, -0.15) is 0 Å². The van der Waals surface area contributed by atoms with Crippen molar-refractivity contribution >= 4 is 23.2 Å². The van der Waals surface area contributed by atoms with Crippen LogP contribution in [0.25, 0.3) is 10.6 Å². The number of thiazole rings is 1. The fourth-order valence-corrected chi connectivity index (χ4v) is 4.67. The summed E-state index contributed by atoms with van der Waals surface area (Å²) in [5, 5.41) is 10.2. The lowest BCUT2D eigenvalue weighted by Gasteiger charge is -2.29. The summed E-state index contributed by atoms with van der Waals surface area (Å²) in [6, 6.07) is 15.3. The number of carbonyl (C=O) groups is 2. The molecule has 0 radical (unpaired) electrons. The van der Waals surface area contributed by atoms with E-state index in [4.69, 9.17) is 9.47 Å². The highest BCUT2D eigenvalue weighted by Gasteiger charge is 2.27. The van der Waals surface area contributed by atoms with E-state index in [9.17, 15) is 14.7 Å². The van der Waals surface area contributed by atoms with Gasteiger partial charge in [-0.3, -0.25) is 4.79 Å². The number of hydrogen-bond acceptors (Lipinski definition) is 6. The molecule has 32 heavy (non-hydrogen) atoms. The molecule has 1 aliphatic heterocycles. The van der Waals surface area contributed by atoms with Crippen LogP contribution in [0.2, 0.25) is 0 Å². The minimum atomic E-state index is -0.993. The van der Waals surface area contributed by atoms with Crippen molar-refractivity contribution in [3.8, 4) is 16.3 Å². The normalized spacial score (nSPS) is 13.9. The molecule has 7 nitrogen and oxygen atoms in total. The first-order valence-electron chi connectivity index (χ1n) is 10.4. The molecule has 2 heterocycles. The Balaban J connectivity index is 1.52. The lowest BCUT2D eigenvalue weighted by molar-refractivity contribution is -0.149. The van der Waals surface area contributed by atoms with Gasteiger partial charge in [0.2, 0.25) is 0 Å². The lowest BCUT2D eigenvalue weighted by Crippen LogP contribution is -2.37. The number of fused-ring (bicyclic) bond motifs is 1. The highest BCUT2D eigenvalue weighted by Crippen LogP contribution is 2.31. The third-order valence-corrected chi connectivity index (χ3v) is 6.42. The van der Waals surface area contributed by atoms with E-state index >= 15 is 0 Å². The zero-order chi connectivity index (χ0) is 22.7. The molecular formula is C24H24N2O5S. The maximum atomic E-state index is 13.2. The molecule has 1 aliphatic rings. The van der Waals surface area contributed by atoms with E-state index in [0.29, 0.717) is 29.5 Å². The summed E-state index contributed by atoms with van der Waals surface area (Å²) in [6.45, 7) is 4.47. The Labute approximate surface area is 190 Å². The van der Waals surface area contributed by atoms with Crippen molar-refractivity contribution in [2.45, 2.75) is 32.9 Å². The Kier molecular flexibility index (Phi) is 6.53. The topological polar surface area (TPSA) is 89.0 Å². The van der Waals surface area contributed by atoms with Crippen LogP contribution in [0.3, 0.4) is 0 Å². The van der Waals surface area contributed by atoms with Crippen LogP contribution in [0.1, 0.15) is 33.4 Å². The molecule has 4 rings (SSSR count). The van der Waals surface area contributed by atoms with Crippen molar-refractivity contribution in [3.63, 3.8) is 0 Å². The molecule has 1 unspecified atom stereocenters. The van der Waals surface area contributed by atoms with Crippen LogP contribution < -0.4 is 4.74 Å². The Hall–Kier alpha value is -3.23. The zero-order valence-electron chi connectivity index (χ0n) is 17.9. The number of carboxylic acids is 1. The quantitative estimate of drug-likeness (QED) is 0.580. The average molecular weight is 453 g/mol. The van der Waals surface area contributed by atoms with Crippen molar-refractivity contribution in [3.05, 3.63) is 70.2 Å².